The molecule has 0 saturated heterocycles. The van der Waals surface area contributed by atoms with Crippen LogP contribution in [-0.2, 0) is 16.1 Å². The van der Waals surface area contributed by atoms with Gasteiger partial charge in [0.2, 0.25) is 5.89 Å². The summed E-state index contributed by atoms with van der Waals surface area (Å²) in [5.74, 6) is 0.621. The standard InChI is InChI=1S/C21H15ClN2O4/c22-16-10-8-15(9-11-16)21-24-23-19(28-21)12-27-20(25)13-26-18-7-3-5-14-4-1-2-6-17(14)18/h1-11H,12-13H2. The molecule has 0 fully saturated rings. The zero-order valence-corrected chi connectivity index (χ0v) is 15.4. The summed E-state index contributed by atoms with van der Waals surface area (Å²) in [6.07, 6.45) is 0. The number of rotatable bonds is 6. The molecular formula is C21H15ClN2O4. The van der Waals surface area contributed by atoms with Gasteiger partial charge in [-0.25, -0.2) is 4.79 Å². The lowest BCUT2D eigenvalue weighted by atomic mass is 10.1. The molecule has 140 valence electrons. The van der Waals surface area contributed by atoms with Crippen LogP contribution in [0.25, 0.3) is 22.2 Å². The van der Waals surface area contributed by atoms with E-state index in [4.69, 9.17) is 25.5 Å². The average molecular weight is 395 g/mol. The van der Waals surface area contributed by atoms with E-state index in [1.54, 1.807) is 24.3 Å². The molecule has 4 aromatic rings. The number of benzene rings is 3. The Kier molecular flexibility index (Phi) is 5.21. The molecule has 0 aliphatic heterocycles. The molecule has 0 atom stereocenters. The largest absolute Gasteiger partial charge is 0.481 e. The molecule has 0 amide bonds. The van der Waals surface area contributed by atoms with Gasteiger partial charge in [-0.3, -0.25) is 0 Å². The van der Waals surface area contributed by atoms with E-state index in [0.717, 1.165) is 16.3 Å². The summed E-state index contributed by atoms with van der Waals surface area (Å²) in [6.45, 7) is -0.343. The summed E-state index contributed by atoms with van der Waals surface area (Å²) in [7, 11) is 0. The van der Waals surface area contributed by atoms with E-state index in [1.165, 1.54) is 0 Å². The normalized spacial score (nSPS) is 10.8. The van der Waals surface area contributed by atoms with Gasteiger partial charge in [-0.2, -0.15) is 0 Å². The molecule has 0 radical (unpaired) electrons. The SMILES string of the molecule is O=C(COc1cccc2ccccc12)OCc1nnc(-c2ccc(Cl)cc2)o1. The topological polar surface area (TPSA) is 74.5 Å². The molecule has 0 aliphatic rings. The Morgan fingerprint density at radius 1 is 0.964 bits per heavy atom. The minimum atomic E-state index is -0.529. The minimum absolute atomic E-state index is 0.127. The fourth-order valence-electron chi connectivity index (χ4n) is 2.66. The van der Waals surface area contributed by atoms with Crippen LogP contribution >= 0.6 is 11.6 Å². The number of carbonyl (C=O) groups is 1. The first-order valence-electron chi connectivity index (χ1n) is 8.53. The van der Waals surface area contributed by atoms with Gasteiger partial charge in [0.25, 0.3) is 5.89 Å². The second-order valence-corrected chi connectivity index (χ2v) is 6.37. The highest BCUT2D eigenvalue weighted by Gasteiger charge is 2.12. The summed E-state index contributed by atoms with van der Waals surface area (Å²) >= 11 is 5.86. The molecule has 0 aliphatic carbocycles. The van der Waals surface area contributed by atoms with Crippen molar-refractivity contribution in [3.8, 4) is 17.2 Å². The van der Waals surface area contributed by atoms with Gasteiger partial charge in [0.15, 0.2) is 13.2 Å². The van der Waals surface area contributed by atoms with Crippen molar-refractivity contribution in [2.45, 2.75) is 6.61 Å². The Balaban J connectivity index is 1.33. The first-order valence-corrected chi connectivity index (χ1v) is 8.91. The van der Waals surface area contributed by atoms with Gasteiger partial charge in [-0.1, -0.05) is 48.0 Å². The fraction of sp³-hybridized carbons (Fsp3) is 0.0952. The quantitative estimate of drug-likeness (QED) is 0.442. The maximum absolute atomic E-state index is 12.0. The number of aromatic nitrogens is 2. The highest BCUT2D eigenvalue weighted by atomic mass is 35.5. The van der Waals surface area contributed by atoms with E-state index in [2.05, 4.69) is 10.2 Å². The van der Waals surface area contributed by atoms with Gasteiger partial charge >= 0.3 is 5.97 Å². The second-order valence-electron chi connectivity index (χ2n) is 5.93. The molecule has 1 heterocycles. The van der Waals surface area contributed by atoms with Gasteiger partial charge in [0, 0.05) is 16.0 Å². The van der Waals surface area contributed by atoms with Crippen LogP contribution in [0.3, 0.4) is 0 Å². The van der Waals surface area contributed by atoms with Crippen molar-refractivity contribution in [1.82, 2.24) is 10.2 Å². The van der Waals surface area contributed by atoms with Crippen LogP contribution in [0.5, 0.6) is 5.75 Å². The van der Waals surface area contributed by atoms with Crippen molar-refractivity contribution in [1.29, 1.82) is 0 Å². The lowest BCUT2D eigenvalue weighted by molar-refractivity contribution is -0.148. The molecule has 0 saturated carbocycles. The van der Waals surface area contributed by atoms with Gasteiger partial charge < -0.3 is 13.9 Å². The molecule has 4 rings (SSSR count). The lowest BCUT2D eigenvalue weighted by Crippen LogP contribution is -2.15. The average Bonchev–Trinajstić information content (AvgIpc) is 3.20. The van der Waals surface area contributed by atoms with E-state index < -0.39 is 5.97 Å². The summed E-state index contributed by atoms with van der Waals surface area (Å²) < 4.78 is 16.2. The third-order valence-electron chi connectivity index (χ3n) is 4.01. The number of esters is 1. The molecule has 6 nitrogen and oxygen atoms in total. The summed E-state index contributed by atoms with van der Waals surface area (Å²) in [5.41, 5.74) is 0.730. The maximum Gasteiger partial charge on any atom is 0.344 e. The fourth-order valence-corrected chi connectivity index (χ4v) is 2.79. The molecule has 0 bridgehead atoms. The third kappa shape index (κ3) is 4.13. The summed E-state index contributed by atoms with van der Waals surface area (Å²) in [5, 5.41) is 10.4. The van der Waals surface area contributed by atoms with Crippen molar-refractivity contribution in [2.75, 3.05) is 6.61 Å². The van der Waals surface area contributed by atoms with Gasteiger partial charge in [0.05, 0.1) is 0 Å². The molecule has 3 aromatic carbocycles. The first-order chi connectivity index (χ1) is 13.7. The van der Waals surface area contributed by atoms with Gasteiger partial charge in [0.1, 0.15) is 5.75 Å². The second kappa shape index (κ2) is 8.10. The smallest absolute Gasteiger partial charge is 0.344 e. The first kappa shape index (κ1) is 18.0. The van der Waals surface area contributed by atoms with Crippen LogP contribution in [0, 0.1) is 0 Å². The van der Waals surface area contributed by atoms with E-state index >= 15 is 0 Å². The summed E-state index contributed by atoms with van der Waals surface area (Å²) in [6, 6.07) is 20.4. The zero-order chi connectivity index (χ0) is 19.3. The Morgan fingerprint density at radius 3 is 2.61 bits per heavy atom. The van der Waals surface area contributed by atoms with Crippen LogP contribution in [-0.4, -0.2) is 22.8 Å². The number of ether oxygens (including phenoxy) is 2. The maximum atomic E-state index is 12.0. The predicted molar refractivity (Wildman–Crippen MR) is 104 cm³/mol. The Hall–Kier alpha value is -3.38. The molecule has 0 spiro atoms. The molecule has 7 heteroatoms. The summed E-state index contributed by atoms with van der Waals surface area (Å²) in [4.78, 5) is 12.0. The Morgan fingerprint density at radius 2 is 1.75 bits per heavy atom. The van der Waals surface area contributed by atoms with Crippen LogP contribution in [0.2, 0.25) is 5.02 Å². The van der Waals surface area contributed by atoms with Crippen LogP contribution in [0.15, 0.2) is 71.1 Å². The molecule has 0 N–H and O–H groups in total. The van der Waals surface area contributed by atoms with Crippen molar-refractivity contribution >= 4 is 28.3 Å². The number of hydrogen-bond donors (Lipinski definition) is 0. The van der Waals surface area contributed by atoms with Crippen molar-refractivity contribution in [3.63, 3.8) is 0 Å². The molecule has 1 aromatic heterocycles. The van der Waals surface area contributed by atoms with Crippen molar-refractivity contribution < 1.29 is 18.7 Å². The molecule has 28 heavy (non-hydrogen) atoms. The van der Waals surface area contributed by atoms with E-state index in [0.29, 0.717) is 16.7 Å². The van der Waals surface area contributed by atoms with E-state index in [1.807, 2.05) is 42.5 Å². The third-order valence-corrected chi connectivity index (χ3v) is 4.26. The lowest BCUT2D eigenvalue weighted by Gasteiger charge is -2.08. The van der Waals surface area contributed by atoms with Crippen LogP contribution in [0.1, 0.15) is 5.89 Å². The highest BCUT2D eigenvalue weighted by Crippen LogP contribution is 2.25. The van der Waals surface area contributed by atoms with E-state index in [-0.39, 0.29) is 19.1 Å². The van der Waals surface area contributed by atoms with Crippen molar-refractivity contribution in [2.24, 2.45) is 0 Å². The number of nitrogens with zero attached hydrogens (tertiary/aromatic N) is 2. The van der Waals surface area contributed by atoms with E-state index in [9.17, 15) is 4.79 Å². The van der Waals surface area contributed by atoms with Crippen molar-refractivity contribution in [3.05, 3.63) is 77.6 Å². The van der Waals surface area contributed by atoms with Crippen LogP contribution < -0.4 is 4.74 Å². The zero-order valence-electron chi connectivity index (χ0n) is 14.7. The number of fused-ring (bicyclic) bond motifs is 1. The molecule has 0 unspecified atom stereocenters. The Labute approximate surface area is 165 Å². The van der Waals surface area contributed by atoms with Gasteiger partial charge in [-0.15, -0.1) is 10.2 Å². The molecular weight excluding hydrogens is 380 g/mol. The minimum Gasteiger partial charge on any atom is -0.481 e. The Bertz CT molecular complexity index is 1100. The number of carbonyl (C=O) groups excluding carboxylic acids is 1. The predicted octanol–water partition coefficient (Wildman–Crippen LogP) is 4.67. The number of halogens is 1. The monoisotopic (exact) mass is 394 g/mol. The van der Waals surface area contributed by atoms with Crippen LogP contribution in [0.4, 0.5) is 0 Å². The number of hydrogen-bond acceptors (Lipinski definition) is 6. The van der Waals surface area contributed by atoms with Gasteiger partial charge in [-0.05, 0) is 35.7 Å². The highest BCUT2D eigenvalue weighted by molar-refractivity contribution is 6.30.